The Labute approximate surface area is 221 Å². The number of hydrogen-bond acceptors (Lipinski definition) is 6. The fraction of sp³-hybridized carbons (Fsp3) is 0.440. The molecule has 0 aliphatic heterocycles. The van der Waals surface area contributed by atoms with Gasteiger partial charge in [0.15, 0.2) is 0 Å². The van der Waals surface area contributed by atoms with Gasteiger partial charge in [-0.3, -0.25) is 13.9 Å². The predicted octanol–water partition coefficient (Wildman–Crippen LogP) is 3.56. The molecule has 2 rings (SSSR count). The van der Waals surface area contributed by atoms with E-state index in [9.17, 15) is 18.0 Å². The minimum atomic E-state index is -3.91. The average molecular weight is 585 g/mol. The summed E-state index contributed by atoms with van der Waals surface area (Å²) < 4.78 is 38.1. The number of ether oxygens (including phenoxy) is 2. The number of rotatable bonds is 12. The van der Waals surface area contributed by atoms with E-state index in [1.807, 2.05) is 38.1 Å². The van der Waals surface area contributed by atoms with Crippen LogP contribution in [0, 0.1) is 0 Å². The summed E-state index contributed by atoms with van der Waals surface area (Å²) in [6.45, 7) is 5.05. The molecule has 0 spiro atoms. The Kier molecular flexibility index (Phi) is 10.6. The van der Waals surface area contributed by atoms with E-state index in [0.717, 1.165) is 27.0 Å². The van der Waals surface area contributed by atoms with E-state index >= 15 is 0 Å². The fourth-order valence-corrected chi connectivity index (χ4v) is 4.53. The summed E-state index contributed by atoms with van der Waals surface area (Å²) in [7, 11) is -1.04. The van der Waals surface area contributed by atoms with Gasteiger partial charge in [-0.25, -0.2) is 8.42 Å². The third kappa shape index (κ3) is 7.86. The average Bonchev–Trinajstić information content (AvgIpc) is 2.85. The van der Waals surface area contributed by atoms with Gasteiger partial charge in [0.25, 0.3) is 0 Å². The predicted molar refractivity (Wildman–Crippen MR) is 144 cm³/mol. The number of carbonyl (C=O) groups excluding carboxylic acids is 2. The van der Waals surface area contributed by atoms with Gasteiger partial charge < -0.3 is 19.7 Å². The van der Waals surface area contributed by atoms with Crippen LogP contribution in [0.25, 0.3) is 0 Å². The molecule has 0 saturated carbocycles. The lowest BCUT2D eigenvalue weighted by atomic mass is 10.1. The van der Waals surface area contributed by atoms with Gasteiger partial charge in [0.2, 0.25) is 21.8 Å². The molecular formula is C25H34BrN3O6S. The van der Waals surface area contributed by atoms with Gasteiger partial charge in [-0.15, -0.1) is 0 Å². The van der Waals surface area contributed by atoms with Gasteiger partial charge in [-0.1, -0.05) is 35.0 Å². The van der Waals surface area contributed by atoms with Gasteiger partial charge in [-0.2, -0.15) is 0 Å². The first-order valence-corrected chi connectivity index (χ1v) is 14.1. The van der Waals surface area contributed by atoms with Crippen molar-refractivity contribution in [3.63, 3.8) is 0 Å². The number of nitrogens with zero attached hydrogens (tertiary/aromatic N) is 2. The highest BCUT2D eigenvalue weighted by molar-refractivity contribution is 9.10. The largest absolute Gasteiger partial charge is 0.497 e. The van der Waals surface area contributed by atoms with Crippen molar-refractivity contribution in [2.45, 2.75) is 45.8 Å². The molecule has 0 bridgehead atoms. The van der Waals surface area contributed by atoms with E-state index in [1.54, 1.807) is 19.1 Å². The molecule has 2 aromatic carbocycles. The number of benzene rings is 2. The van der Waals surface area contributed by atoms with Gasteiger partial charge >= 0.3 is 0 Å². The number of carbonyl (C=O) groups is 2. The Hall–Kier alpha value is -2.79. The van der Waals surface area contributed by atoms with E-state index in [2.05, 4.69) is 21.2 Å². The minimum absolute atomic E-state index is 0.0712. The molecule has 0 unspecified atom stereocenters. The van der Waals surface area contributed by atoms with Crippen LogP contribution in [-0.4, -0.2) is 64.2 Å². The number of halogens is 1. The molecule has 0 aromatic heterocycles. The lowest BCUT2D eigenvalue weighted by Gasteiger charge is -2.32. The molecule has 2 amide bonds. The van der Waals surface area contributed by atoms with Crippen molar-refractivity contribution < 1.29 is 27.5 Å². The maximum Gasteiger partial charge on any atom is 0.244 e. The molecule has 11 heteroatoms. The molecule has 198 valence electrons. The molecule has 2 aromatic rings. The van der Waals surface area contributed by atoms with E-state index in [0.29, 0.717) is 5.75 Å². The molecule has 0 radical (unpaired) electrons. The maximum absolute atomic E-state index is 13.7. The van der Waals surface area contributed by atoms with Crippen molar-refractivity contribution in [1.29, 1.82) is 0 Å². The number of methoxy groups -OCH3 is 2. The molecule has 0 aliphatic rings. The maximum atomic E-state index is 13.7. The highest BCUT2D eigenvalue weighted by atomic mass is 79.9. The van der Waals surface area contributed by atoms with Crippen LogP contribution in [-0.2, 0) is 26.2 Å². The van der Waals surface area contributed by atoms with Crippen molar-refractivity contribution in [2.75, 3.05) is 31.3 Å². The molecule has 9 nitrogen and oxygen atoms in total. The van der Waals surface area contributed by atoms with Crippen molar-refractivity contribution in [3.8, 4) is 11.5 Å². The summed E-state index contributed by atoms with van der Waals surface area (Å²) in [5.41, 5.74) is 0.951. The Morgan fingerprint density at radius 1 is 1.06 bits per heavy atom. The Morgan fingerprint density at radius 2 is 1.69 bits per heavy atom. The van der Waals surface area contributed by atoms with Crippen LogP contribution in [0.3, 0.4) is 0 Å². The van der Waals surface area contributed by atoms with Crippen LogP contribution < -0.4 is 19.1 Å². The number of amides is 2. The molecule has 0 saturated heterocycles. The smallest absolute Gasteiger partial charge is 0.244 e. The molecule has 2 atom stereocenters. The molecule has 1 N–H and O–H groups in total. The van der Waals surface area contributed by atoms with Gasteiger partial charge in [0, 0.05) is 23.1 Å². The molecule has 0 fully saturated rings. The minimum Gasteiger partial charge on any atom is -0.497 e. The lowest BCUT2D eigenvalue weighted by Crippen LogP contribution is -2.52. The van der Waals surface area contributed by atoms with Crippen LogP contribution in [0.4, 0.5) is 5.69 Å². The summed E-state index contributed by atoms with van der Waals surface area (Å²) in [5, 5.41) is 2.90. The van der Waals surface area contributed by atoms with E-state index in [-0.39, 0.29) is 29.9 Å². The van der Waals surface area contributed by atoms with Crippen molar-refractivity contribution in [1.82, 2.24) is 10.2 Å². The zero-order valence-corrected chi connectivity index (χ0v) is 23.9. The number of hydrogen-bond donors (Lipinski definition) is 1. The summed E-state index contributed by atoms with van der Waals surface area (Å²) >= 11 is 3.39. The highest BCUT2D eigenvalue weighted by Gasteiger charge is 2.31. The number of nitrogens with one attached hydrogen (secondary N) is 1. The normalized spacial score (nSPS) is 12.9. The van der Waals surface area contributed by atoms with E-state index in [4.69, 9.17) is 9.47 Å². The zero-order chi connectivity index (χ0) is 27.0. The SMILES string of the molecule is CC[C@@H](C)NC(=O)[C@H](C)N(Cc1ccc(Br)cc1)C(=O)CN(c1cc(OC)ccc1OC)S(C)(=O)=O. The van der Waals surface area contributed by atoms with Gasteiger partial charge in [-0.05, 0) is 50.1 Å². The summed E-state index contributed by atoms with van der Waals surface area (Å²) in [6.07, 6.45) is 1.74. The molecule has 0 heterocycles. The Balaban J connectivity index is 2.47. The van der Waals surface area contributed by atoms with Crippen molar-refractivity contribution in [2.24, 2.45) is 0 Å². The quantitative estimate of drug-likeness (QED) is 0.409. The Bertz CT molecular complexity index is 1160. The zero-order valence-electron chi connectivity index (χ0n) is 21.4. The first kappa shape index (κ1) is 29.4. The topological polar surface area (TPSA) is 105 Å². The summed E-state index contributed by atoms with van der Waals surface area (Å²) in [6, 6.07) is 11.1. The summed E-state index contributed by atoms with van der Waals surface area (Å²) in [4.78, 5) is 28.0. The number of sulfonamides is 1. The van der Waals surface area contributed by atoms with Crippen LogP contribution in [0.2, 0.25) is 0 Å². The van der Waals surface area contributed by atoms with Crippen LogP contribution in [0.5, 0.6) is 11.5 Å². The second-order valence-electron chi connectivity index (χ2n) is 8.45. The monoisotopic (exact) mass is 583 g/mol. The lowest BCUT2D eigenvalue weighted by molar-refractivity contribution is -0.139. The van der Waals surface area contributed by atoms with Crippen molar-refractivity contribution >= 4 is 43.5 Å². The highest BCUT2D eigenvalue weighted by Crippen LogP contribution is 2.34. The fourth-order valence-electron chi connectivity index (χ4n) is 3.42. The van der Waals surface area contributed by atoms with Crippen LogP contribution in [0.1, 0.15) is 32.8 Å². The second-order valence-corrected chi connectivity index (χ2v) is 11.3. The van der Waals surface area contributed by atoms with Gasteiger partial charge in [0.05, 0.1) is 26.2 Å². The summed E-state index contributed by atoms with van der Waals surface area (Å²) in [5.74, 6) is -0.198. The first-order valence-electron chi connectivity index (χ1n) is 11.4. The third-order valence-electron chi connectivity index (χ3n) is 5.77. The first-order chi connectivity index (χ1) is 16.9. The van der Waals surface area contributed by atoms with Crippen LogP contribution in [0.15, 0.2) is 46.9 Å². The van der Waals surface area contributed by atoms with E-state index < -0.39 is 28.5 Å². The van der Waals surface area contributed by atoms with Gasteiger partial charge in [0.1, 0.15) is 24.1 Å². The van der Waals surface area contributed by atoms with Crippen LogP contribution >= 0.6 is 15.9 Å². The molecular weight excluding hydrogens is 550 g/mol. The Morgan fingerprint density at radius 3 is 2.22 bits per heavy atom. The second kappa shape index (κ2) is 13.0. The van der Waals surface area contributed by atoms with Crippen molar-refractivity contribution in [3.05, 3.63) is 52.5 Å². The number of anilines is 1. The van der Waals surface area contributed by atoms with E-state index in [1.165, 1.54) is 25.2 Å². The standard InChI is InChI=1S/C25H34BrN3O6S/c1-7-17(2)27-25(31)18(3)28(15-19-8-10-20(26)11-9-19)24(30)16-29(36(6,32)33)22-14-21(34-4)12-13-23(22)35-5/h8-14,17-18H,7,15-16H2,1-6H3,(H,27,31)/t17-,18+/m1/s1. The molecule has 36 heavy (non-hydrogen) atoms. The third-order valence-corrected chi connectivity index (χ3v) is 7.42. The molecule has 0 aliphatic carbocycles.